The number of carbonyl (C=O) groups is 1. The molecule has 0 aliphatic carbocycles. The van der Waals surface area contributed by atoms with Crippen molar-refractivity contribution in [2.75, 3.05) is 33.2 Å². The van der Waals surface area contributed by atoms with E-state index in [1.807, 2.05) is 11.0 Å². The van der Waals surface area contributed by atoms with E-state index < -0.39 is 0 Å². The molecule has 1 aliphatic rings. The molecule has 0 saturated carbocycles. The molecule has 1 N–H and O–H groups in total. The highest BCUT2D eigenvalue weighted by Gasteiger charge is 2.28. The van der Waals surface area contributed by atoms with Crippen LogP contribution in [-0.4, -0.2) is 49.1 Å². The van der Waals surface area contributed by atoms with Crippen LogP contribution in [0.25, 0.3) is 0 Å². The lowest BCUT2D eigenvalue weighted by molar-refractivity contribution is 0.109. The molecule has 4 nitrogen and oxygen atoms in total. The van der Waals surface area contributed by atoms with E-state index in [2.05, 4.69) is 55.4 Å². The summed E-state index contributed by atoms with van der Waals surface area (Å²) in [6.45, 7) is 7.41. The Morgan fingerprint density at radius 2 is 2.00 bits per heavy atom. The van der Waals surface area contributed by atoms with Gasteiger partial charge in [-0.15, -0.1) is 0 Å². The van der Waals surface area contributed by atoms with Gasteiger partial charge >= 0.3 is 6.03 Å². The van der Waals surface area contributed by atoms with E-state index >= 15 is 0 Å². The summed E-state index contributed by atoms with van der Waals surface area (Å²) in [5, 5.41) is 3.01. The maximum absolute atomic E-state index is 12.2. The lowest BCUT2D eigenvalue weighted by Gasteiger charge is -2.39. The topological polar surface area (TPSA) is 35.6 Å². The number of piperazine rings is 1. The average Bonchev–Trinajstić information content (AvgIpc) is 2.46. The Balaban J connectivity index is 1.99. The van der Waals surface area contributed by atoms with Gasteiger partial charge in [-0.05, 0) is 18.5 Å². The van der Waals surface area contributed by atoms with Gasteiger partial charge in [-0.1, -0.05) is 44.2 Å². The minimum Gasteiger partial charge on any atom is -0.338 e. The predicted molar refractivity (Wildman–Crippen MR) is 81.6 cm³/mol. The van der Waals surface area contributed by atoms with E-state index in [0.717, 1.165) is 26.2 Å². The van der Waals surface area contributed by atoms with Crippen LogP contribution in [0, 0.1) is 5.92 Å². The summed E-state index contributed by atoms with van der Waals surface area (Å²) in [7, 11) is 2.13. The monoisotopic (exact) mass is 275 g/mol. The van der Waals surface area contributed by atoms with Crippen LogP contribution in [0.4, 0.5) is 4.79 Å². The maximum atomic E-state index is 12.2. The second-order valence-corrected chi connectivity index (χ2v) is 5.93. The summed E-state index contributed by atoms with van der Waals surface area (Å²) < 4.78 is 0. The third-order valence-corrected chi connectivity index (χ3v) is 3.78. The molecule has 1 heterocycles. The lowest BCUT2D eigenvalue weighted by Crippen LogP contribution is -2.52. The van der Waals surface area contributed by atoms with Crippen molar-refractivity contribution >= 4 is 6.03 Å². The van der Waals surface area contributed by atoms with Crippen LogP contribution in [0.2, 0.25) is 0 Å². The van der Waals surface area contributed by atoms with E-state index in [-0.39, 0.29) is 12.1 Å². The lowest BCUT2D eigenvalue weighted by atomic mass is 10.0. The third-order valence-electron chi connectivity index (χ3n) is 3.78. The second kappa shape index (κ2) is 6.75. The molecule has 2 rings (SSSR count). The van der Waals surface area contributed by atoms with Gasteiger partial charge in [0.2, 0.25) is 0 Å². The van der Waals surface area contributed by atoms with E-state index in [0.29, 0.717) is 5.92 Å². The van der Waals surface area contributed by atoms with Gasteiger partial charge in [-0.25, -0.2) is 4.79 Å². The number of likely N-dealkylation sites (N-methyl/N-ethyl adjacent to an activating group) is 1. The summed E-state index contributed by atoms with van der Waals surface area (Å²) in [5.41, 5.74) is 1.27. The molecule has 20 heavy (non-hydrogen) atoms. The highest BCUT2D eigenvalue weighted by molar-refractivity contribution is 5.74. The van der Waals surface area contributed by atoms with Crippen LogP contribution in [0.1, 0.15) is 25.5 Å². The first-order valence-electron chi connectivity index (χ1n) is 7.36. The number of urea groups is 1. The Hall–Kier alpha value is -1.55. The largest absolute Gasteiger partial charge is 0.338 e. The highest BCUT2D eigenvalue weighted by Crippen LogP contribution is 2.23. The highest BCUT2D eigenvalue weighted by atomic mass is 16.2. The van der Waals surface area contributed by atoms with E-state index in [1.165, 1.54) is 5.56 Å². The van der Waals surface area contributed by atoms with Crippen LogP contribution < -0.4 is 5.32 Å². The van der Waals surface area contributed by atoms with Gasteiger partial charge in [0.25, 0.3) is 0 Å². The molecule has 1 saturated heterocycles. The third kappa shape index (κ3) is 3.73. The number of hydrogen-bond acceptors (Lipinski definition) is 2. The number of benzene rings is 1. The number of hydrogen-bond donors (Lipinski definition) is 1. The fourth-order valence-electron chi connectivity index (χ4n) is 2.50. The zero-order valence-electron chi connectivity index (χ0n) is 12.7. The summed E-state index contributed by atoms with van der Waals surface area (Å²) in [5.74, 6) is 0.483. The molecule has 0 radical (unpaired) electrons. The van der Waals surface area contributed by atoms with Gasteiger partial charge in [0, 0.05) is 26.2 Å². The van der Waals surface area contributed by atoms with E-state index in [4.69, 9.17) is 0 Å². The van der Waals surface area contributed by atoms with Gasteiger partial charge < -0.3 is 10.2 Å². The summed E-state index contributed by atoms with van der Waals surface area (Å²) in [6, 6.07) is 10.8. The number of nitrogens with zero attached hydrogens (tertiary/aromatic N) is 2. The molecule has 0 spiro atoms. The second-order valence-electron chi connectivity index (χ2n) is 5.93. The van der Waals surface area contributed by atoms with Crippen molar-refractivity contribution in [3.8, 4) is 0 Å². The average molecular weight is 275 g/mol. The zero-order chi connectivity index (χ0) is 14.5. The van der Waals surface area contributed by atoms with Crippen molar-refractivity contribution in [2.24, 2.45) is 5.92 Å². The molecule has 110 valence electrons. The van der Waals surface area contributed by atoms with Crippen LogP contribution in [0.5, 0.6) is 0 Å². The Kier molecular flexibility index (Phi) is 5.01. The fourth-order valence-corrected chi connectivity index (χ4v) is 2.50. The molecule has 1 atom stereocenters. The van der Waals surface area contributed by atoms with Gasteiger partial charge in [-0.2, -0.15) is 0 Å². The smallest absolute Gasteiger partial charge is 0.317 e. The number of amides is 2. The first-order valence-corrected chi connectivity index (χ1v) is 7.36. The quantitative estimate of drug-likeness (QED) is 0.919. The summed E-state index contributed by atoms with van der Waals surface area (Å²) in [4.78, 5) is 16.4. The van der Waals surface area contributed by atoms with Crippen LogP contribution in [0.3, 0.4) is 0 Å². The van der Waals surface area contributed by atoms with Crippen LogP contribution in [0.15, 0.2) is 30.3 Å². The Morgan fingerprint density at radius 3 is 2.65 bits per heavy atom. The Bertz CT molecular complexity index is 433. The van der Waals surface area contributed by atoms with Crippen molar-refractivity contribution < 1.29 is 4.79 Å². The van der Waals surface area contributed by atoms with Gasteiger partial charge in [0.15, 0.2) is 0 Å². The zero-order valence-corrected chi connectivity index (χ0v) is 12.7. The van der Waals surface area contributed by atoms with Gasteiger partial charge in [0.1, 0.15) is 0 Å². The van der Waals surface area contributed by atoms with Crippen molar-refractivity contribution in [3.63, 3.8) is 0 Å². The van der Waals surface area contributed by atoms with Gasteiger partial charge in [0.05, 0.1) is 6.04 Å². The van der Waals surface area contributed by atoms with Crippen LogP contribution >= 0.6 is 0 Å². The minimum atomic E-state index is 0.0627. The summed E-state index contributed by atoms with van der Waals surface area (Å²) >= 11 is 0. The first kappa shape index (κ1) is 14.9. The Morgan fingerprint density at radius 1 is 1.30 bits per heavy atom. The standard InChI is InChI=1S/C16H25N3O/c1-13(2)11-17-16(20)19-10-9-18(3)15(12-19)14-7-5-4-6-8-14/h4-8,13,15H,9-12H2,1-3H3,(H,17,20). The fraction of sp³-hybridized carbons (Fsp3) is 0.562. The molecular formula is C16H25N3O. The Labute approximate surface area is 121 Å². The molecule has 1 aromatic carbocycles. The molecule has 1 aliphatic heterocycles. The SMILES string of the molecule is CC(C)CNC(=O)N1CCN(C)C(c2ccccc2)C1. The molecule has 0 bridgehead atoms. The number of rotatable bonds is 3. The first-order chi connectivity index (χ1) is 9.58. The molecular weight excluding hydrogens is 250 g/mol. The number of nitrogens with one attached hydrogen (secondary N) is 1. The molecule has 1 fully saturated rings. The van der Waals surface area contributed by atoms with Gasteiger partial charge in [-0.3, -0.25) is 4.90 Å². The predicted octanol–water partition coefficient (Wildman–Crippen LogP) is 2.34. The van der Waals surface area contributed by atoms with Crippen molar-refractivity contribution in [3.05, 3.63) is 35.9 Å². The molecule has 1 aromatic rings. The molecule has 4 heteroatoms. The maximum Gasteiger partial charge on any atom is 0.317 e. The number of carbonyl (C=O) groups excluding carboxylic acids is 1. The van der Waals surface area contributed by atoms with E-state index in [1.54, 1.807) is 0 Å². The van der Waals surface area contributed by atoms with Crippen LogP contribution in [-0.2, 0) is 0 Å². The molecule has 0 aromatic heterocycles. The van der Waals surface area contributed by atoms with Crippen molar-refractivity contribution in [1.82, 2.24) is 15.1 Å². The molecule has 1 unspecified atom stereocenters. The van der Waals surface area contributed by atoms with Crippen molar-refractivity contribution in [1.29, 1.82) is 0 Å². The normalized spacial score (nSPS) is 20.2. The minimum absolute atomic E-state index is 0.0627. The molecule has 2 amide bonds. The van der Waals surface area contributed by atoms with E-state index in [9.17, 15) is 4.79 Å². The summed E-state index contributed by atoms with van der Waals surface area (Å²) in [6.07, 6.45) is 0. The van der Waals surface area contributed by atoms with Crippen molar-refractivity contribution in [2.45, 2.75) is 19.9 Å².